The Labute approximate surface area is 79.4 Å². The molecule has 0 radical (unpaired) electrons. The number of hydrogen-bond acceptors (Lipinski definition) is 3. The summed E-state index contributed by atoms with van der Waals surface area (Å²) in [6.07, 6.45) is 1.94. The molecule has 0 spiro atoms. The van der Waals surface area contributed by atoms with Crippen molar-refractivity contribution in [2.75, 3.05) is 0 Å². The van der Waals surface area contributed by atoms with Gasteiger partial charge in [-0.05, 0) is 26.7 Å². The van der Waals surface area contributed by atoms with Crippen LogP contribution in [-0.4, -0.2) is 24.7 Å². The molecule has 4 heteroatoms. The van der Waals surface area contributed by atoms with Crippen molar-refractivity contribution in [2.24, 2.45) is 0 Å². The Morgan fingerprint density at radius 3 is 2.08 bits per heavy atom. The Morgan fingerprint density at radius 1 is 1.23 bits per heavy atom. The fourth-order valence-electron chi connectivity index (χ4n) is 1.63. The van der Waals surface area contributed by atoms with E-state index in [9.17, 15) is 13.2 Å². The molecule has 0 heterocycles. The van der Waals surface area contributed by atoms with Gasteiger partial charge in [-0.2, -0.15) is 0 Å². The maximum absolute atomic E-state index is 11.7. The molecule has 1 aliphatic carbocycles. The van der Waals surface area contributed by atoms with E-state index in [-0.39, 0.29) is 16.3 Å². The first-order valence-corrected chi connectivity index (χ1v) is 6.30. The predicted octanol–water partition coefficient (Wildman–Crippen LogP) is 1.32. The molecule has 0 unspecified atom stereocenters. The van der Waals surface area contributed by atoms with Crippen LogP contribution in [0.5, 0.6) is 0 Å². The highest BCUT2D eigenvalue weighted by Crippen LogP contribution is 2.24. The van der Waals surface area contributed by atoms with E-state index in [1.807, 2.05) is 0 Å². The van der Waals surface area contributed by atoms with Gasteiger partial charge >= 0.3 is 0 Å². The number of rotatable bonds is 2. The molecule has 0 N–H and O–H groups in total. The number of Topliss-reactive ketones (excluding diaryl/α,β-unsaturated/α-hetero) is 1. The van der Waals surface area contributed by atoms with Crippen molar-refractivity contribution in [1.29, 1.82) is 0 Å². The number of carbonyl (C=O) groups excluding carboxylic acids is 1. The van der Waals surface area contributed by atoms with Crippen LogP contribution >= 0.6 is 0 Å². The smallest absolute Gasteiger partial charge is 0.155 e. The Kier molecular flexibility index (Phi) is 3.11. The van der Waals surface area contributed by atoms with Gasteiger partial charge in [-0.15, -0.1) is 0 Å². The van der Waals surface area contributed by atoms with Gasteiger partial charge in [-0.3, -0.25) is 4.79 Å². The van der Waals surface area contributed by atoms with Crippen LogP contribution in [0.4, 0.5) is 0 Å². The van der Waals surface area contributed by atoms with E-state index in [2.05, 4.69) is 0 Å². The first-order valence-electron chi connectivity index (χ1n) is 4.69. The monoisotopic (exact) mass is 204 g/mol. The lowest BCUT2D eigenvalue weighted by Crippen LogP contribution is -2.32. The predicted molar refractivity (Wildman–Crippen MR) is 51.3 cm³/mol. The average molecular weight is 204 g/mol. The Bertz CT molecular complexity index is 280. The van der Waals surface area contributed by atoms with Gasteiger partial charge in [0.1, 0.15) is 5.78 Å². The Balaban J connectivity index is 2.69. The summed E-state index contributed by atoms with van der Waals surface area (Å²) < 4.78 is 23.4. The second kappa shape index (κ2) is 3.78. The summed E-state index contributed by atoms with van der Waals surface area (Å²) in [5, 5.41) is -0.587. The molecule has 0 aromatic rings. The van der Waals surface area contributed by atoms with Gasteiger partial charge in [0, 0.05) is 12.8 Å². The van der Waals surface area contributed by atoms with Crippen molar-refractivity contribution < 1.29 is 13.2 Å². The van der Waals surface area contributed by atoms with Crippen molar-refractivity contribution in [1.82, 2.24) is 0 Å². The minimum absolute atomic E-state index is 0.204. The summed E-state index contributed by atoms with van der Waals surface area (Å²) in [7, 11) is -2.98. The lowest BCUT2D eigenvalue weighted by Gasteiger charge is -2.22. The fraction of sp³-hybridized carbons (Fsp3) is 0.889. The zero-order valence-corrected chi connectivity index (χ0v) is 8.93. The van der Waals surface area contributed by atoms with Gasteiger partial charge in [0.05, 0.1) is 10.5 Å². The molecular weight excluding hydrogens is 188 g/mol. The second-order valence-corrected chi connectivity index (χ2v) is 6.66. The van der Waals surface area contributed by atoms with Gasteiger partial charge in [0.15, 0.2) is 9.84 Å². The van der Waals surface area contributed by atoms with Gasteiger partial charge < -0.3 is 0 Å². The number of sulfone groups is 1. The van der Waals surface area contributed by atoms with Crippen LogP contribution in [0.3, 0.4) is 0 Å². The van der Waals surface area contributed by atoms with Crippen LogP contribution in [0, 0.1) is 0 Å². The zero-order chi connectivity index (χ0) is 10.1. The lowest BCUT2D eigenvalue weighted by molar-refractivity contribution is -0.120. The molecule has 0 atom stereocenters. The maximum atomic E-state index is 11.7. The highest BCUT2D eigenvalue weighted by atomic mass is 32.2. The molecule has 1 saturated carbocycles. The average Bonchev–Trinajstić information content (AvgIpc) is 2.04. The largest absolute Gasteiger partial charge is 0.300 e. The van der Waals surface area contributed by atoms with Crippen LogP contribution in [0.15, 0.2) is 0 Å². The van der Waals surface area contributed by atoms with Gasteiger partial charge in [0.25, 0.3) is 0 Å². The van der Waals surface area contributed by atoms with Crippen molar-refractivity contribution in [3.63, 3.8) is 0 Å². The van der Waals surface area contributed by atoms with Crippen LogP contribution in [0.1, 0.15) is 39.5 Å². The molecule has 0 bridgehead atoms. The van der Waals surface area contributed by atoms with Crippen LogP contribution in [-0.2, 0) is 14.6 Å². The Morgan fingerprint density at radius 2 is 1.69 bits per heavy atom. The van der Waals surface area contributed by atoms with E-state index in [0.717, 1.165) is 0 Å². The van der Waals surface area contributed by atoms with Crippen LogP contribution in [0.2, 0.25) is 0 Å². The highest BCUT2D eigenvalue weighted by Gasteiger charge is 2.31. The summed E-state index contributed by atoms with van der Waals surface area (Å²) >= 11 is 0. The van der Waals surface area contributed by atoms with Gasteiger partial charge in [-0.25, -0.2) is 8.42 Å². The quantitative estimate of drug-likeness (QED) is 0.681. The van der Waals surface area contributed by atoms with E-state index in [0.29, 0.717) is 25.7 Å². The summed E-state index contributed by atoms with van der Waals surface area (Å²) in [5.41, 5.74) is 0. The molecule has 1 aliphatic rings. The molecule has 1 rings (SSSR count). The molecule has 0 aromatic heterocycles. The molecule has 0 amide bonds. The summed E-state index contributed by atoms with van der Waals surface area (Å²) in [6.45, 7) is 3.40. The molecule has 13 heavy (non-hydrogen) atoms. The number of ketones is 1. The second-order valence-electron chi connectivity index (χ2n) is 3.88. The number of carbonyl (C=O) groups is 1. The minimum atomic E-state index is -2.98. The number of hydrogen-bond donors (Lipinski definition) is 0. The van der Waals surface area contributed by atoms with E-state index in [4.69, 9.17) is 0 Å². The lowest BCUT2D eigenvalue weighted by atomic mass is 9.99. The van der Waals surface area contributed by atoms with Crippen LogP contribution < -0.4 is 0 Å². The molecule has 1 fully saturated rings. The summed E-state index contributed by atoms with van der Waals surface area (Å²) in [4.78, 5) is 10.9. The van der Waals surface area contributed by atoms with E-state index in [1.54, 1.807) is 13.8 Å². The molecule has 0 aliphatic heterocycles. The van der Waals surface area contributed by atoms with Crippen molar-refractivity contribution in [2.45, 2.75) is 50.0 Å². The zero-order valence-electron chi connectivity index (χ0n) is 8.12. The molecule has 76 valence electrons. The van der Waals surface area contributed by atoms with Crippen LogP contribution in [0.25, 0.3) is 0 Å². The minimum Gasteiger partial charge on any atom is -0.300 e. The third-order valence-electron chi connectivity index (χ3n) is 2.61. The maximum Gasteiger partial charge on any atom is 0.155 e. The van der Waals surface area contributed by atoms with E-state index < -0.39 is 9.84 Å². The van der Waals surface area contributed by atoms with Gasteiger partial charge in [0.2, 0.25) is 0 Å². The summed E-state index contributed by atoms with van der Waals surface area (Å²) in [5.74, 6) is 0.204. The standard InChI is InChI=1S/C9H16O3S/c1-7(2)13(11,12)9-5-3-8(10)4-6-9/h7,9H,3-6H2,1-2H3. The summed E-state index contributed by atoms with van der Waals surface area (Å²) in [6, 6.07) is 0. The molecule has 3 nitrogen and oxygen atoms in total. The fourth-order valence-corrected chi connectivity index (χ4v) is 3.29. The SMILES string of the molecule is CC(C)S(=O)(=O)C1CCC(=O)CC1. The normalized spacial score (nSPS) is 21.0. The van der Waals surface area contributed by atoms with Crippen molar-refractivity contribution >= 4 is 15.6 Å². The van der Waals surface area contributed by atoms with E-state index >= 15 is 0 Å². The van der Waals surface area contributed by atoms with Gasteiger partial charge in [-0.1, -0.05) is 0 Å². The topological polar surface area (TPSA) is 51.2 Å². The molecule has 0 saturated heterocycles. The third-order valence-corrected chi connectivity index (χ3v) is 5.33. The van der Waals surface area contributed by atoms with Crippen molar-refractivity contribution in [3.05, 3.63) is 0 Å². The first kappa shape index (κ1) is 10.7. The molecular formula is C9H16O3S. The highest BCUT2D eigenvalue weighted by molar-refractivity contribution is 7.92. The van der Waals surface area contributed by atoms with E-state index in [1.165, 1.54) is 0 Å². The van der Waals surface area contributed by atoms with Crippen molar-refractivity contribution in [3.8, 4) is 0 Å². The Hall–Kier alpha value is -0.380. The first-order chi connectivity index (χ1) is 5.94. The molecule has 0 aromatic carbocycles. The third kappa shape index (κ3) is 2.30.